The number of rotatable bonds is 10. The molecule has 12 heteroatoms. The predicted octanol–water partition coefficient (Wildman–Crippen LogP) is 2.89. The van der Waals surface area contributed by atoms with Gasteiger partial charge in [-0.25, -0.2) is 35.8 Å². The number of nitrogens with one attached hydrogen (secondary N) is 2. The highest BCUT2D eigenvalue weighted by molar-refractivity contribution is 7.92. The summed E-state index contributed by atoms with van der Waals surface area (Å²) < 4.78 is 54.5. The smallest absolute Gasteiger partial charge is 0.264 e. The number of nitrogens with zero attached hydrogens (tertiary/aromatic N) is 3. The Hall–Kier alpha value is -3.35. The zero-order valence-corrected chi connectivity index (χ0v) is 21.8. The number of aromatic nitrogens is 2. The topological polar surface area (TPSA) is 138 Å². The Labute approximate surface area is 217 Å². The molecule has 1 aliphatic rings. The molecule has 0 spiro atoms. The largest absolute Gasteiger partial charge is 0.326 e. The Morgan fingerprint density at radius 2 is 1.65 bits per heavy atom. The van der Waals surface area contributed by atoms with Crippen molar-refractivity contribution in [3.63, 3.8) is 0 Å². The lowest BCUT2D eigenvalue weighted by Gasteiger charge is -2.31. The third-order valence-electron chi connectivity index (χ3n) is 6.08. The molecule has 3 aromatic rings. The van der Waals surface area contributed by atoms with Crippen LogP contribution < -0.4 is 10.0 Å². The fourth-order valence-electron chi connectivity index (χ4n) is 4.13. The molecule has 10 nitrogen and oxygen atoms in total. The van der Waals surface area contributed by atoms with E-state index in [1.54, 1.807) is 6.07 Å². The first-order valence-corrected chi connectivity index (χ1v) is 15.0. The summed E-state index contributed by atoms with van der Waals surface area (Å²) in [4.78, 5) is 20.6. The second kappa shape index (κ2) is 11.8. The number of aryl methyl sites for hydroxylation is 1. The maximum absolute atomic E-state index is 12.9. The van der Waals surface area contributed by atoms with Crippen molar-refractivity contribution in [1.29, 1.82) is 0 Å². The van der Waals surface area contributed by atoms with Gasteiger partial charge >= 0.3 is 0 Å². The van der Waals surface area contributed by atoms with E-state index in [1.165, 1.54) is 41.0 Å². The monoisotopic (exact) mass is 543 g/mol. The average molecular weight is 544 g/mol. The molecule has 0 bridgehead atoms. The lowest BCUT2D eigenvalue weighted by Crippen LogP contribution is -2.44. The van der Waals surface area contributed by atoms with E-state index in [1.807, 2.05) is 30.3 Å². The maximum atomic E-state index is 12.9. The number of anilines is 2. The minimum Gasteiger partial charge on any atom is -0.326 e. The van der Waals surface area contributed by atoms with Crippen molar-refractivity contribution in [3.05, 3.63) is 78.6 Å². The summed E-state index contributed by atoms with van der Waals surface area (Å²) in [6.45, 7) is 0.537. The second-order valence-electron chi connectivity index (χ2n) is 8.79. The van der Waals surface area contributed by atoms with Crippen molar-refractivity contribution in [2.24, 2.45) is 5.92 Å². The van der Waals surface area contributed by atoms with Crippen LogP contribution >= 0.6 is 0 Å². The van der Waals surface area contributed by atoms with Crippen molar-refractivity contribution < 1.29 is 21.6 Å². The van der Waals surface area contributed by atoms with Crippen LogP contribution in [0.1, 0.15) is 24.8 Å². The molecule has 1 amide bonds. The number of hydrogen-bond donors (Lipinski definition) is 2. The highest BCUT2D eigenvalue weighted by Crippen LogP contribution is 2.23. The fraction of sp³-hybridized carbons (Fsp3) is 0.320. The third kappa shape index (κ3) is 7.34. The van der Waals surface area contributed by atoms with Crippen LogP contribution in [-0.2, 0) is 31.3 Å². The van der Waals surface area contributed by atoms with Gasteiger partial charge in [0.05, 0.1) is 16.6 Å². The second-order valence-corrected chi connectivity index (χ2v) is 12.6. The molecule has 196 valence electrons. The van der Waals surface area contributed by atoms with E-state index in [4.69, 9.17) is 0 Å². The third-order valence-corrected chi connectivity index (χ3v) is 9.35. The lowest BCUT2D eigenvalue weighted by atomic mass is 9.99. The Morgan fingerprint density at radius 3 is 2.35 bits per heavy atom. The Bertz CT molecular complexity index is 1400. The van der Waals surface area contributed by atoms with Gasteiger partial charge in [0.1, 0.15) is 0 Å². The first kappa shape index (κ1) is 26.7. The van der Waals surface area contributed by atoms with Crippen LogP contribution in [-0.4, -0.2) is 55.9 Å². The molecule has 1 saturated heterocycles. The molecule has 2 N–H and O–H groups in total. The number of carbonyl (C=O) groups excluding carboxylic acids is 1. The highest BCUT2D eigenvalue weighted by atomic mass is 32.2. The summed E-state index contributed by atoms with van der Waals surface area (Å²) in [6, 6.07) is 17.0. The van der Waals surface area contributed by atoms with Crippen LogP contribution in [0.4, 0.5) is 11.6 Å². The van der Waals surface area contributed by atoms with E-state index in [9.17, 15) is 21.6 Å². The Kier molecular flexibility index (Phi) is 8.52. The van der Waals surface area contributed by atoms with Gasteiger partial charge in [0, 0.05) is 31.2 Å². The number of amides is 1. The van der Waals surface area contributed by atoms with Crippen LogP contribution in [0, 0.1) is 5.92 Å². The molecule has 1 aromatic heterocycles. The summed E-state index contributed by atoms with van der Waals surface area (Å²) in [7, 11) is -7.36. The summed E-state index contributed by atoms with van der Waals surface area (Å²) in [5.74, 6) is -0.792. The molecule has 1 atom stereocenters. The van der Waals surface area contributed by atoms with Gasteiger partial charge in [0.15, 0.2) is 0 Å². The first-order chi connectivity index (χ1) is 17.7. The summed E-state index contributed by atoms with van der Waals surface area (Å²) in [6.07, 6.45) is 5.21. The first-order valence-electron chi connectivity index (χ1n) is 12.0. The number of sulfonamides is 2. The van der Waals surface area contributed by atoms with Gasteiger partial charge in [0.25, 0.3) is 10.0 Å². The quantitative estimate of drug-likeness (QED) is 0.401. The zero-order chi connectivity index (χ0) is 26.3. The van der Waals surface area contributed by atoms with Gasteiger partial charge in [-0.05, 0) is 61.6 Å². The number of benzene rings is 2. The molecule has 1 unspecified atom stereocenters. The van der Waals surface area contributed by atoms with Gasteiger partial charge < -0.3 is 5.32 Å². The minimum absolute atomic E-state index is 0.0108. The van der Waals surface area contributed by atoms with Crippen LogP contribution in [0.5, 0.6) is 0 Å². The SMILES string of the molecule is O=C(Nc1ccc(S(=O)(=O)Nc2ncccn2)cc1)C1CCCN(S(=O)(=O)CCCc2ccccc2)C1. The van der Waals surface area contributed by atoms with Crippen LogP contribution in [0.3, 0.4) is 0 Å². The van der Waals surface area contributed by atoms with Gasteiger partial charge in [-0.2, -0.15) is 0 Å². The molecular formula is C25H29N5O5S2. The molecule has 37 heavy (non-hydrogen) atoms. The zero-order valence-electron chi connectivity index (χ0n) is 20.2. The van der Waals surface area contributed by atoms with E-state index in [2.05, 4.69) is 20.0 Å². The van der Waals surface area contributed by atoms with Gasteiger partial charge in [-0.3, -0.25) is 4.79 Å². The molecule has 0 radical (unpaired) electrons. The molecule has 0 saturated carbocycles. The van der Waals surface area contributed by atoms with E-state index in [0.29, 0.717) is 37.9 Å². The van der Waals surface area contributed by atoms with E-state index in [0.717, 1.165) is 5.56 Å². The molecule has 1 aliphatic heterocycles. The van der Waals surface area contributed by atoms with Crippen molar-refractivity contribution in [2.75, 3.05) is 28.9 Å². The van der Waals surface area contributed by atoms with Crippen LogP contribution in [0.25, 0.3) is 0 Å². The van der Waals surface area contributed by atoms with Gasteiger partial charge in [0.2, 0.25) is 21.9 Å². The van der Waals surface area contributed by atoms with E-state index in [-0.39, 0.29) is 29.0 Å². The standard InChI is InChI=1S/C25H29N5O5S2/c31-24(28-22-11-13-23(14-12-22)37(34,35)29-25-26-15-6-16-27-25)21-10-4-17-30(19-21)36(32,33)18-5-9-20-7-2-1-3-8-20/h1-3,6-8,11-16,21H,4-5,9-10,17-19H2,(H,28,31)(H,26,27,29). The van der Waals surface area contributed by atoms with Crippen molar-refractivity contribution in [1.82, 2.24) is 14.3 Å². The predicted molar refractivity (Wildman–Crippen MR) is 141 cm³/mol. The minimum atomic E-state index is -3.89. The summed E-state index contributed by atoms with van der Waals surface area (Å²) in [5, 5.41) is 2.78. The molecule has 0 aliphatic carbocycles. The molecular weight excluding hydrogens is 514 g/mol. The van der Waals surface area contributed by atoms with Crippen LogP contribution in [0.2, 0.25) is 0 Å². The van der Waals surface area contributed by atoms with Gasteiger partial charge in [-0.15, -0.1) is 0 Å². The normalized spacial score (nSPS) is 16.7. The summed E-state index contributed by atoms with van der Waals surface area (Å²) in [5.41, 5.74) is 1.51. The molecule has 2 aromatic carbocycles. The van der Waals surface area contributed by atoms with E-state index < -0.39 is 26.0 Å². The fourth-order valence-corrected chi connectivity index (χ4v) is 6.67. The molecule has 2 heterocycles. The van der Waals surface area contributed by atoms with Gasteiger partial charge in [-0.1, -0.05) is 30.3 Å². The Balaban J connectivity index is 1.31. The molecule has 4 rings (SSSR count). The highest BCUT2D eigenvalue weighted by Gasteiger charge is 2.32. The molecule has 1 fully saturated rings. The Morgan fingerprint density at radius 1 is 0.946 bits per heavy atom. The van der Waals surface area contributed by atoms with Crippen molar-refractivity contribution in [3.8, 4) is 0 Å². The number of hydrogen-bond acceptors (Lipinski definition) is 7. The maximum Gasteiger partial charge on any atom is 0.264 e. The number of carbonyl (C=O) groups is 1. The number of piperidine rings is 1. The van der Waals surface area contributed by atoms with E-state index >= 15 is 0 Å². The average Bonchev–Trinajstić information content (AvgIpc) is 2.90. The van der Waals surface area contributed by atoms with Crippen molar-refractivity contribution in [2.45, 2.75) is 30.6 Å². The summed E-state index contributed by atoms with van der Waals surface area (Å²) >= 11 is 0. The lowest BCUT2D eigenvalue weighted by molar-refractivity contribution is -0.120. The van der Waals surface area contributed by atoms with Crippen molar-refractivity contribution >= 4 is 37.6 Å². The van der Waals surface area contributed by atoms with Crippen LogP contribution in [0.15, 0.2) is 78.0 Å².